The molecule has 0 aliphatic heterocycles. The first-order chi connectivity index (χ1) is 4.57. The average molecular weight is 143 g/mol. The molecule has 0 radical (unpaired) electrons. The van der Waals surface area contributed by atoms with Crippen LogP contribution in [-0.2, 0) is 4.84 Å². The molecule has 0 unspecified atom stereocenters. The highest BCUT2D eigenvalue weighted by Gasteiger charge is 1.99. The van der Waals surface area contributed by atoms with Crippen LogP contribution in [0.3, 0.4) is 0 Å². The van der Waals surface area contributed by atoms with Gasteiger partial charge in [0.1, 0.15) is 5.76 Å². The summed E-state index contributed by atoms with van der Waals surface area (Å²) in [6.45, 7) is 8.28. The van der Waals surface area contributed by atoms with Gasteiger partial charge < -0.3 is 4.84 Å². The Balaban J connectivity index is 3.92. The largest absolute Gasteiger partial charge is 0.416 e. The van der Waals surface area contributed by atoms with Gasteiger partial charge in [-0.25, -0.2) is 0 Å². The molecule has 0 atom stereocenters. The zero-order chi connectivity index (χ0) is 8.15. The summed E-state index contributed by atoms with van der Waals surface area (Å²) in [5.41, 5.74) is 1.23. The van der Waals surface area contributed by atoms with Crippen molar-refractivity contribution in [1.29, 1.82) is 0 Å². The molecule has 0 aromatic rings. The standard InChI is InChI=1S/C8H17NO/c1-6(2)5-7(3)8(4)10-9/h6H,5,9H2,1-4H3/b8-7-. The fraction of sp³-hybridized carbons (Fsp3) is 0.750. The van der Waals surface area contributed by atoms with Crippen molar-refractivity contribution in [2.24, 2.45) is 11.8 Å². The maximum absolute atomic E-state index is 4.99. The molecule has 0 rings (SSSR count). The average Bonchev–Trinajstić information content (AvgIpc) is 1.85. The Hall–Kier alpha value is -0.500. The van der Waals surface area contributed by atoms with Gasteiger partial charge in [0.05, 0.1) is 0 Å². The molecule has 0 aliphatic carbocycles. The first kappa shape index (κ1) is 9.50. The van der Waals surface area contributed by atoms with Gasteiger partial charge in [0.15, 0.2) is 0 Å². The summed E-state index contributed by atoms with van der Waals surface area (Å²) in [7, 11) is 0. The third-order valence-electron chi connectivity index (χ3n) is 1.49. The molecule has 0 heterocycles. The number of nitrogens with two attached hydrogens (primary N) is 1. The fourth-order valence-electron chi connectivity index (χ4n) is 0.857. The van der Waals surface area contributed by atoms with Gasteiger partial charge in [-0.2, -0.15) is 5.90 Å². The Bertz CT molecular complexity index is 127. The quantitative estimate of drug-likeness (QED) is 0.485. The van der Waals surface area contributed by atoms with Crippen LogP contribution in [0.2, 0.25) is 0 Å². The van der Waals surface area contributed by atoms with E-state index < -0.39 is 0 Å². The Labute approximate surface area is 63.0 Å². The third kappa shape index (κ3) is 3.51. The molecule has 2 nitrogen and oxygen atoms in total. The monoisotopic (exact) mass is 143 g/mol. The number of hydrogen-bond donors (Lipinski definition) is 1. The maximum atomic E-state index is 4.99. The topological polar surface area (TPSA) is 35.2 Å². The molecule has 2 N–H and O–H groups in total. The minimum atomic E-state index is 0.671. The van der Waals surface area contributed by atoms with Gasteiger partial charge in [0.2, 0.25) is 0 Å². The second-order valence-corrected chi connectivity index (χ2v) is 3.05. The van der Waals surface area contributed by atoms with Crippen molar-refractivity contribution < 1.29 is 4.84 Å². The Morgan fingerprint density at radius 3 is 2.20 bits per heavy atom. The number of rotatable bonds is 3. The molecule has 0 aromatic carbocycles. The second-order valence-electron chi connectivity index (χ2n) is 3.05. The highest BCUT2D eigenvalue weighted by Crippen LogP contribution is 2.13. The van der Waals surface area contributed by atoms with E-state index in [1.54, 1.807) is 0 Å². The zero-order valence-electron chi connectivity index (χ0n) is 7.27. The van der Waals surface area contributed by atoms with E-state index in [1.807, 2.05) is 13.8 Å². The Kier molecular flexibility index (Phi) is 4.12. The van der Waals surface area contributed by atoms with Crippen LogP contribution in [0.4, 0.5) is 0 Å². The van der Waals surface area contributed by atoms with Crippen LogP contribution in [0.25, 0.3) is 0 Å². The lowest BCUT2D eigenvalue weighted by molar-refractivity contribution is 0.217. The second kappa shape index (κ2) is 4.34. The van der Waals surface area contributed by atoms with Gasteiger partial charge in [-0.15, -0.1) is 0 Å². The fourth-order valence-corrected chi connectivity index (χ4v) is 0.857. The van der Waals surface area contributed by atoms with Crippen LogP contribution in [0.15, 0.2) is 11.3 Å². The minimum Gasteiger partial charge on any atom is -0.416 e. The molecule has 0 aliphatic rings. The molecule has 10 heavy (non-hydrogen) atoms. The summed E-state index contributed by atoms with van der Waals surface area (Å²) in [4.78, 5) is 4.59. The smallest absolute Gasteiger partial charge is 0.119 e. The van der Waals surface area contributed by atoms with Crippen LogP contribution in [0.1, 0.15) is 34.1 Å². The lowest BCUT2D eigenvalue weighted by Gasteiger charge is -2.07. The highest BCUT2D eigenvalue weighted by atomic mass is 16.6. The molecule has 0 fully saturated rings. The van der Waals surface area contributed by atoms with Crippen molar-refractivity contribution in [3.05, 3.63) is 11.3 Å². The number of allylic oxidation sites excluding steroid dienone is 2. The summed E-state index contributed by atoms with van der Waals surface area (Å²) in [5.74, 6) is 6.50. The van der Waals surface area contributed by atoms with Crippen LogP contribution in [-0.4, -0.2) is 0 Å². The molecular weight excluding hydrogens is 126 g/mol. The minimum absolute atomic E-state index is 0.671. The van der Waals surface area contributed by atoms with Crippen molar-refractivity contribution in [1.82, 2.24) is 0 Å². The van der Waals surface area contributed by atoms with Gasteiger partial charge in [0, 0.05) is 0 Å². The summed E-state index contributed by atoms with van der Waals surface area (Å²) in [6.07, 6.45) is 1.06. The molecule has 0 spiro atoms. The van der Waals surface area contributed by atoms with E-state index >= 15 is 0 Å². The van der Waals surface area contributed by atoms with Gasteiger partial charge in [0.25, 0.3) is 0 Å². The summed E-state index contributed by atoms with van der Waals surface area (Å²) in [5, 5.41) is 0. The first-order valence-corrected chi connectivity index (χ1v) is 3.61. The van der Waals surface area contributed by atoms with Crippen LogP contribution in [0.5, 0.6) is 0 Å². The van der Waals surface area contributed by atoms with Gasteiger partial charge in [-0.1, -0.05) is 13.8 Å². The predicted molar refractivity (Wildman–Crippen MR) is 43.1 cm³/mol. The molecule has 2 heteroatoms. The Morgan fingerprint density at radius 2 is 1.90 bits per heavy atom. The van der Waals surface area contributed by atoms with Crippen molar-refractivity contribution in [3.8, 4) is 0 Å². The van der Waals surface area contributed by atoms with E-state index in [0.29, 0.717) is 5.92 Å². The SMILES string of the molecule is C/C(CC(C)C)=C(\C)ON. The molecule has 0 aromatic heterocycles. The number of hydrogen-bond acceptors (Lipinski definition) is 2. The lowest BCUT2D eigenvalue weighted by Crippen LogP contribution is -2.00. The van der Waals surface area contributed by atoms with Crippen LogP contribution < -0.4 is 5.90 Å². The highest BCUT2D eigenvalue weighted by molar-refractivity contribution is 5.02. The molecule has 0 amide bonds. The molecular formula is C8H17NO. The van der Waals surface area contributed by atoms with Crippen molar-refractivity contribution in [3.63, 3.8) is 0 Å². The molecule has 0 saturated carbocycles. The Morgan fingerprint density at radius 1 is 1.40 bits per heavy atom. The van der Waals surface area contributed by atoms with E-state index in [0.717, 1.165) is 12.2 Å². The van der Waals surface area contributed by atoms with Gasteiger partial charge in [-0.05, 0) is 31.8 Å². The van der Waals surface area contributed by atoms with E-state index in [4.69, 9.17) is 5.90 Å². The lowest BCUT2D eigenvalue weighted by atomic mass is 10.0. The van der Waals surface area contributed by atoms with Crippen LogP contribution >= 0.6 is 0 Å². The first-order valence-electron chi connectivity index (χ1n) is 3.61. The predicted octanol–water partition coefficient (Wildman–Crippen LogP) is 2.22. The van der Waals surface area contributed by atoms with E-state index in [9.17, 15) is 0 Å². The van der Waals surface area contributed by atoms with E-state index in [2.05, 4.69) is 18.7 Å². The maximum Gasteiger partial charge on any atom is 0.119 e. The van der Waals surface area contributed by atoms with Crippen molar-refractivity contribution in [2.75, 3.05) is 0 Å². The van der Waals surface area contributed by atoms with Crippen molar-refractivity contribution in [2.45, 2.75) is 34.1 Å². The van der Waals surface area contributed by atoms with Gasteiger partial charge in [-0.3, -0.25) is 0 Å². The zero-order valence-corrected chi connectivity index (χ0v) is 7.27. The van der Waals surface area contributed by atoms with E-state index in [1.165, 1.54) is 5.57 Å². The molecule has 60 valence electrons. The summed E-state index contributed by atoms with van der Waals surface area (Å²) < 4.78 is 0. The normalized spacial score (nSPS) is 13.4. The molecule has 0 bridgehead atoms. The van der Waals surface area contributed by atoms with E-state index in [-0.39, 0.29) is 0 Å². The molecule has 0 saturated heterocycles. The third-order valence-corrected chi connectivity index (χ3v) is 1.49. The van der Waals surface area contributed by atoms with Crippen LogP contribution in [0, 0.1) is 5.92 Å². The van der Waals surface area contributed by atoms with Crippen molar-refractivity contribution >= 4 is 0 Å². The summed E-state index contributed by atoms with van der Waals surface area (Å²) >= 11 is 0. The summed E-state index contributed by atoms with van der Waals surface area (Å²) in [6, 6.07) is 0. The van der Waals surface area contributed by atoms with Gasteiger partial charge >= 0.3 is 0 Å².